The van der Waals surface area contributed by atoms with Gasteiger partial charge in [0.05, 0.1) is 13.6 Å². The molecule has 0 aliphatic rings. The SMILES string of the molecule is CCCCCCCCCCNCc1nnn(C)n1. The van der Waals surface area contributed by atoms with Crippen LogP contribution in [0.15, 0.2) is 0 Å². The second kappa shape index (κ2) is 10.00. The van der Waals surface area contributed by atoms with Gasteiger partial charge in [0.25, 0.3) is 0 Å². The fraction of sp³-hybridized carbons (Fsp3) is 0.923. The molecule has 0 unspecified atom stereocenters. The van der Waals surface area contributed by atoms with Crippen molar-refractivity contribution in [3.8, 4) is 0 Å². The van der Waals surface area contributed by atoms with Gasteiger partial charge in [0, 0.05) is 0 Å². The van der Waals surface area contributed by atoms with Crippen LogP contribution in [0.1, 0.15) is 64.1 Å². The van der Waals surface area contributed by atoms with E-state index in [-0.39, 0.29) is 0 Å². The van der Waals surface area contributed by atoms with Gasteiger partial charge in [0.1, 0.15) is 0 Å². The van der Waals surface area contributed by atoms with Gasteiger partial charge in [-0.1, -0.05) is 51.9 Å². The quantitative estimate of drug-likeness (QED) is 0.615. The molecule has 1 aromatic rings. The fourth-order valence-electron chi connectivity index (χ4n) is 1.98. The van der Waals surface area contributed by atoms with Gasteiger partial charge in [-0.05, 0) is 18.2 Å². The summed E-state index contributed by atoms with van der Waals surface area (Å²) < 4.78 is 0. The minimum absolute atomic E-state index is 0.727. The zero-order chi connectivity index (χ0) is 13.1. The van der Waals surface area contributed by atoms with Crippen molar-refractivity contribution in [1.29, 1.82) is 0 Å². The highest BCUT2D eigenvalue weighted by atomic mass is 15.6. The molecule has 0 fully saturated rings. The Labute approximate surface area is 110 Å². The van der Waals surface area contributed by atoms with E-state index in [1.807, 2.05) is 0 Å². The summed E-state index contributed by atoms with van der Waals surface area (Å²) in [7, 11) is 1.79. The van der Waals surface area contributed by atoms with Crippen LogP contribution in [-0.2, 0) is 13.6 Å². The molecule has 0 saturated carbocycles. The largest absolute Gasteiger partial charge is 0.310 e. The van der Waals surface area contributed by atoms with Crippen LogP contribution in [-0.4, -0.2) is 26.8 Å². The van der Waals surface area contributed by atoms with Gasteiger partial charge in [-0.15, -0.1) is 10.2 Å². The van der Waals surface area contributed by atoms with E-state index in [2.05, 4.69) is 27.7 Å². The topological polar surface area (TPSA) is 55.6 Å². The summed E-state index contributed by atoms with van der Waals surface area (Å²) in [4.78, 5) is 1.49. The third-order valence-electron chi connectivity index (χ3n) is 3.04. The molecular formula is C13H27N5. The van der Waals surface area contributed by atoms with Crippen molar-refractivity contribution in [2.24, 2.45) is 7.05 Å². The zero-order valence-corrected chi connectivity index (χ0v) is 11.9. The Balaban J connectivity index is 1.81. The minimum atomic E-state index is 0.727. The fourth-order valence-corrected chi connectivity index (χ4v) is 1.98. The first kappa shape index (κ1) is 15.1. The van der Waals surface area contributed by atoms with E-state index in [9.17, 15) is 0 Å². The first-order chi connectivity index (χ1) is 8.83. The predicted molar refractivity (Wildman–Crippen MR) is 73.1 cm³/mol. The van der Waals surface area contributed by atoms with Crippen LogP contribution in [0.25, 0.3) is 0 Å². The molecule has 0 bridgehead atoms. The van der Waals surface area contributed by atoms with Gasteiger partial charge < -0.3 is 5.32 Å². The molecule has 104 valence electrons. The number of nitrogens with one attached hydrogen (secondary N) is 1. The molecule has 0 aromatic carbocycles. The predicted octanol–water partition coefficient (Wildman–Crippen LogP) is 2.44. The maximum absolute atomic E-state index is 4.12. The van der Waals surface area contributed by atoms with Gasteiger partial charge in [-0.2, -0.15) is 4.80 Å². The molecular weight excluding hydrogens is 226 g/mol. The Hall–Kier alpha value is -0.970. The summed E-state index contributed by atoms with van der Waals surface area (Å²) in [6.45, 7) is 4.04. The van der Waals surface area contributed by atoms with Crippen molar-refractivity contribution in [3.05, 3.63) is 5.82 Å². The summed E-state index contributed by atoms with van der Waals surface area (Å²) >= 11 is 0. The van der Waals surface area contributed by atoms with Crippen molar-refractivity contribution >= 4 is 0 Å². The molecule has 18 heavy (non-hydrogen) atoms. The Bertz CT molecular complexity index is 297. The standard InChI is InChI=1S/C13H27N5/c1-3-4-5-6-7-8-9-10-11-14-12-13-15-17-18(2)16-13/h14H,3-12H2,1-2H3. The number of aryl methyl sites for hydroxylation is 1. The first-order valence-corrected chi connectivity index (χ1v) is 7.26. The number of nitrogens with zero attached hydrogens (tertiary/aromatic N) is 4. The van der Waals surface area contributed by atoms with Crippen LogP contribution in [0.2, 0.25) is 0 Å². The number of aromatic nitrogens is 4. The Morgan fingerprint density at radius 3 is 2.28 bits per heavy atom. The van der Waals surface area contributed by atoms with Gasteiger partial charge in [0.2, 0.25) is 0 Å². The Kier molecular flexibility index (Phi) is 8.38. The number of unbranched alkanes of at least 4 members (excludes halogenated alkanes) is 7. The molecule has 5 heteroatoms. The molecule has 0 radical (unpaired) electrons. The lowest BCUT2D eigenvalue weighted by Crippen LogP contribution is -2.15. The van der Waals surface area contributed by atoms with E-state index >= 15 is 0 Å². The summed E-state index contributed by atoms with van der Waals surface area (Å²) in [6.07, 6.45) is 10.9. The van der Waals surface area contributed by atoms with Gasteiger partial charge in [-0.3, -0.25) is 0 Å². The van der Waals surface area contributed by atoms with Crippen LogP contribution in [0, 0.1) is 0 Å². The molecule has 0 saturated heterocycles. The third kappa shape index (κ3) is 7.37. The number of tetrazole rings is 1. The Morgan fingerprint density at radius 2 is 1.67 bits per heavy atom. The highest BCUT2D eigenvalue weighted by Gasteiger charge is 1.98. The number of hydrogen-bond donors (Lipinski definition) is 1. The molecule has 1 aromatic heterocycles. The zero-order valence-electron chi connectivity index (χ0n) is 11.9. The summed E-state index contributed by atoms with van der Waals surface area (Å²) in [5, 5.41) is 15.2. The van der Waals surface area contributed by atoms with E-state index < -0.39 is 0 Å². The van der Waals surface area contributed by atoms with Gasteiger partial charge in [0.15, 0.2) is 5.82 Å². The minimum Gasteiger partial charge on any atom is -0.310 e. The number of rotatable bonds is 11. The summed E-state index contributed by atoms with van der Waals surface area (Å²) in [5.74, 6) is 0.775. The smallest absolute Gasteiger partial charge is 0.188 e. The van der Waals surface area contributed by atoms with Crippen molar-refractivity contribution in [3.63, 3.8) is 0 Å². The summed E-state index contributed by atoms with van der Waals surface area (Å²) in [5.41, 5.74) is 0. The van der Waals surface area contributed by atoms with Crippen LogP contribution in [0.4, 0.5) is 0 Å². The highest BCUT2D eigenvalue weighted by Crippen LogP contribution is 2.07. The van der Waals surface area contributed by atoms with E-state index in [0.717, 1.165) is 18.9 Å². The van der Waals surface area contributed by atoms with Crippen molar-refractivity contribution in [2.45, 2.75) is 64.8 Å². The van der Waals surface area contributed by atoms with E-state index in [0.29, 0.717) is 0 Å². The highest BCUT2D eigenvalue weighted by molar-refractivity contribution is 4.74. The average molecular weight is 253 g/mol. The van der Waals surface area contributed by atoms with Gasteiger partial charge in [-0.25, -0.2) is 0 Å². The number of hydrogen-bond acceptors (Lipinski definition) is 4. The van der Waals surface area contributed by atoms with E-state index in [1.165, 1.54) is 56.2 Å². The lowest BCUT2D eigenvalue weighted by Gasteiger charge is -2.02. The van der Waals surface area contributed by atoms with Crippen LogP contribution in [0.5, 0.6) is 0 Å². The second-order valence-electron chi connectivity index (χ2n) is 4.85. The first-order valence-electron chi connectivity index (χ1n) is 7.26. The lowest BCUT2D eigenvalue weighted by molar-refractivity contribution is 0.550. The van der Waals surface area contributed by atoms with Gasteiger partial charge >= 0.3 is 0 Å². The van der Waals surface area contributed by atoms with Crippen molar-refractivity contribution < 1.29 is 0 Å². The monoisotopic (exact) mass is 253 g/mol. The van der Waals surface area contributed by atoms with Crippen LogP contribution in [0.3, 0.4) is 0 Å². The molecule has 1 N–H and O–H groups in total. The average Bonchev–Trinajstić information content (AvgIpc) is 2.77. The molecule has 0 spiro atoms. The van der Waals surface area contributed by atoms with Crippen molar-refractivity contribution in [2.75, 3.05) is 6.54 Å². The van der Waals surface area contributed by atoms with Crippen LogP contribution < -0.4 is 5.32 Å². The van der Waals surface area contributed by atoms with Crippen molar-refractivity contribution in [1.82, 2.24) is 25.5 Å². The third-order valence-corrected chi connectivity index (χ3v) is 3.04. The maximum atomic E-state index is 4.12. The molecule has 0 aliphatic heterocycles. The molecule has 5 nitrogen and oxygen atoms in total. The molecule has 0 atom stereocenters. The molecule has 0 aliphatic carbocycles. The normalized spacial score (nSPS) is 11.0. The second-order valence-corrected chi connectivity index (χ2v) is 4.85. The summed E-state index contributed by atoms with van der Waals surface area (Å²) in [6, 6.07) is 0. The van der Waals surface area contributed by atoms with E-state index in [4.69, 9.17) is 0 Å². The maximum Gasteiger partial charge on any atom is 0.188 e. The molecule has 1 heterocycles. The molecule has 1 rings (SSSR count). The molecule has 0 amide bonds. The van der Waals surface area contributed by atoms with E-state index in [1.54, 1.807) is 7.05 Å². The van der Waals surface area contributed by atoms with Crippen LogP contribution >= 0.6 is 0 Å². The lowest BCUT2D eigenvalue weighted by atomic mass is 10.1. The Morgan fingerprint density at radius 1 is 1.00 bits per heavy atom.